The molecule has 0 saturated carbocycles. The van der Waals surface area contributed by atoms with Gasteiger partial charge in [0.2, 0.25) is 5.88 Å². The second kappa shape index (κ2) is 6.87. The molecule has 0 aliphatic heterocycles. The van der Waals surface area contributed by atoms with E-state index in [1.54, 1.807) is 0 Å². The molecule has 0 aliphatic rings. The first-order chi connectivity index (χ1) is 11.3. The van der Waals surface area contributed by atoms with Crippen LogP contribution in [0, 0.1) is 6.92 Å². The Kier molecular flexibility index (Phi) is 4.47. The minimum absolute atomic E-state index is 0.474. The number of anilines is 1. The van der Waals surface area contributed by atoms with Crippen molar-refractivity contribution in [2.45, 2.75) is 13.8 Å². The Hall–Kier alpha value is -2.95. The van der Waals surface area contributed by atoms with Gasteiger partial charge in [0, 0.05) is 0 Å². The average Bonchev–Trinajstić information content (AvgIpc) is 2.70. The van der Waals surface area contributed by atoms with E-state index in [2.05, 4.69) is 20.5 Å². The molecule has 0 aliphatic carbocycles. The molecule has 116 valence electrons. The minimum Gasteiger partial charge on any atom is -0.476 e. The van der Waals surface area contributed by atoms with E-state index in [-0.39, 0.29) is 0 Å². The molecule has 3 aromatic rings. The third kappa shape index (κ3) is 3.45. The molecular weight excluding hydrogens is 288 g/mol. The van der Waals surface area contributed by atoms with E-state index < -0.39 is 0 Å². The number of aryl methyl sites for hydroxylation is 1. The summed E-state index contributed by atoms with van der Waals surface area (Å²) in [5.41, 5.74) is 6.27. The number of ether oxygens (including phenoxy) is 1. The predicted octanol–water partition coefficient (Wildman–Crippen LogP) is 3.26. The summed E-state index contributed by atoms with van der Waals surface area (Å²) in [6, 6.07) is 17.5. The molecular formula is C18H18N4O. The van der Waals surface area contributed by atoms with Crippen molar-refractivity contribution >= 4 is 16.7 Å². The van der Waals surface area contributed by atoms with E-state index in [0.717, 1.165) is 22.4 Å². The van der Waals surface area contributed by atoms with Crippen LogP contribution in [0.2, 0.25) is 0 Å². The van der Waals surface area contributed by atoms with Gasteiger partial charge in [-0.15, -0.1) is 0 Å². The second-order valence-corrected chi connectivity index (χ2v) is 4.97. The monoisotopic (exact) mass is 306 g/mol. The van der Waals surface area contributed by atoms with Crippen LogP contribution in [-0.4, -0.2) is 16.6 Å². The number of hydrogen-bond acceptors (Lipinski definition) is 5. The van der Waals surface area contributed by atoms with Gasteiger partial charge < -0.3 is 4.74 Å². The quantitative estimate of drug-likeness (QED) is 0.752. The van der Waals surface area contributed by atoms with Crippen LogP contribution < -0.4 is 15.5 Å². The first-order valence-corrected chi connectivity index (χ1v) is 7.53. The van der Waals surface area contributed by atoms with Crippen molar-refractivity contribution in [3.05, 3.63) is 65.6 Å². The van der Waals surface area contributed by atoms with Crippen LogP contribution in [0.4, 0.5) is 5.69 Å². The molecule has 0 atom stereocenters. The molecule has 1 heterocycles. The van der Waals surface area contributed by atoms with Gasteiger partial charge >= 0.3 is 0 Å². The Labute approximate surface area is 134 Å². The van der Waals surface area contributed by atoms with Crippen LogP contribution in [0.3, 0.4) is 0 Å². The Balaban J connectivity index is 2.17. The van der Waals surface area contributed by atoms with Crippen LogP contribution in [-0.2, 0) is 0 Å². The van der Waals surface area contributed by atoms with Gasteiger partial charge in [0.25, 0.3) is 0 Å². The van der Waals surface area contributed by atoms with Crippen molar-refractivity contribution in [2.75, 3.05) is 12.0 Å². The highest BCUT2D eigenvalue weighted by atomic mass is 16.5. The number of para-hydroxylation sites is 3. The van der Waals surface area contributed by atoms with Crippen LogP contribution in [0.25, 0.3) is 11.0 Å². The predicted molar refractivity (Wildman–Crippen MR) is 91.1 cm³/mol. The zero-order chi connectivity index (χ0) is 16.1. The first kappa shape index (κ1) is 15.0. The molecule has 0 unspecified atom stereocenters. The number of nitrogens with zero attached hydrogens (tertiary/aromatic N) is 3. The lowest BCUT2D eigenvalue weighted by Crippen LogP contribution is -2.14. The zero-order valence-electron chi connectivity index (χ0n) is 13.2. The van der Waals surface area contributed by atoms with E-state index >= 15 is 0 Å². The second-order valence-electron chi connectivity index (χ2n) is 4.97. The summed E-state index contributed by atoms with van der Waals surface area (Å²) in [6.45, 7) is 4.34. The smallest absolute Gasteiger partial charge is 0.244 e. The molecule has 0 saturated heterocycles. The van der Waals surface area contributed by atoms with E-state index in [0.29, 0.717) is 17.8 Å². The fourth-order valence-electron chi connectivity index (χ4n) is 2.20. The fourth-order valence-corrected chi connectivity index (χ4v) is 2.20. The Morgan fingerprint density at radius 1 is 0.957 bits per heavy atom. The Morgan fingerprint density at radius 2 is 1.61 bits per heavy atom. The number of nitrogens with one attached hydrogen (secondary N) is 1. The molecule has 5 heteroatoms. The Morgan fingerprint density at radius 3 is 2.30 bits per heavy atom. The molecule has 1 aromatic heterocycles. The standard InChI is InChI=1S/C18H18N4O/c1-3-23-18-17(22-21-14-9-5-4-6-10-14)13(2)19-15-11-7-8-12-16(15)20-18/h4-12,21H,3H2,1-2H3. The lowest BCUT2D eigenvalue weighted by atomic mass is 10.3. The van der Waals surface area contributed by atoms with Crippen LogP contribution in [0.5, 0.6) is 5.88 Å². The van der Waals surface area contributed by atoms with E-state index in [1.165, 1.54) is 0 Å². The molecule has 5 nitrogen and oxygen atoms in total. The number of aromatic nitrogens is 2. The summed E-state index contributed by atoms with van der Waals surface area (Å²) in [6.07, 6.45) is 0. The number of fused-ring (bicyclic) bond motifs is 1. The highest BCUT2D eigenvalue weighted by molar-refractivity contribution is 5.73. The van der Waals surface area contributed by atoms with Gasteiger partial charge in [-0.1, -0.05) is 30.3 Å². The molecule has 3 rings (SSSR count). The molecule has 0 spiro atoms. The van der Waals surface area contributed by atoms with Crippen LogP contribution in [0.1, 0.15) is 12.6 Å². The first-order valence-electron chi connectivity index (χ1n) is 7.53. The molecule has 2 aromatic carbocycles. The highest BCUT2D eigenvalue weighted by Gasteiger charge is 2.06. The number of rotatable bonds is 4. The van der Waals surface area contributed by atoms with Gasteiger partial charge in [-0.25, -0.2) is 9.97 Å². The molecule has 0 bridgehead atoms. The summed E-state index contributed by atoms with van der Waals surface area (Å²) in [5.74, 6) is 0.474. The zero-order valence-corrected chi connectivity index (χ0v) is 13.2. The largest absolute Gasteiger partial charge is 0.476 e. The summed E-state index contributed by atoms with van der Waals surface area (Å²) in [5, 5.41) is 5.06. The topological polar surface area (TPSA) is 59.4 Å². The third-order valence-electron chi connectivity index (χ3n) is 3.29. The molecule has 0 amide bonds. The summed E-state index contributed by atoms with van der Waals surface area (Å²) < 4.78 is 5.69. The normalized spacial score (nSPS) is 11.5. The fraction of sp³-hybridized carbons (Fsp3) is 0.167. The number of benzene rings is 2. The molecule has 0 fully saturated rings. The van der Waals surface area contributed by atoms with Gasteiger partial charge in [-0.2, -0.15) is 5.10 Å². The maximum atomic E-state index is 5.69. The maximum absolute atomic E-state index is 5.69. The third-order valence-corrected chi connectivity index (χ3v) is 3.29. The average molecular weight is 306 g/mol. The van der Waals surface area contributed by atoms with Crippen molar-refractivity contribution in [3.8, 4) is 5.88 Å². The minimum atomic E-state index is 0.474. The van der Waals surface area contributed by atoms with Crippen molar-refractivity contribution in [3.63, 3.8) is 0 Å². The van der Waals surface area contributed by atoms with Crippen molar-refractivity contribution in [1.82, 2.24) is 9.97 Å². The van der Waals surface area contributed by atoms with Crippen LogP contribution in [0.15, 0.2) is 59.7 Å². The van der Waals surface area contributed by atoms with Gasteiger partial charge in [-0.3, -0.25) is 5.43 Å². The van der Waals surface area contributed by atoms with Gasteiger partial charge in [0.1, 0.15) is 0 Å². The lowest BCUT2D eigenvalue weighted by Gasteiger charge is -2.02. The van der Waals surface area contributed by atoms with Crippen molar-refractivity contribution < 1.29 is 4.74 Å². The van der Waals surface area contributed by atoms with Crippen LogP contribution >= 0.6 is 0 Å². The SMILES string of the molecule is CCOc1nc2ccccc2nc(C)c1=NNc1ccccc1. The molecule has 1 N–H and O–H groups in total. The summed E-state index contributed by atoms with van der Waals surface area (Å²) in [4.78, 5) is 9.20. The molecule has 0 radical (unpaired) electrons. The lowest BCUT2D eigenvalue weighted by molar-refractivity contribution is 0.323. The van der Waals surface area contributed by atoms with Gasteiger partial charge in [0.15, 0.2) is 5.36 Å². The van der Waals surface area contributed by atoms with Gasteiger partial charge in [-0.05, 0) is 38.1 Å². The van der Waals surface area contributed by atoms with Crippen molar-refractivity contribution in [1.29, 1.82) is 0 Å². The van der Waals surface area contributed by atoms with E-state index in [9.17, 15) is 0 Å². The van der Waals surface area contributed by atoms with E-state index in [1.807, 2.05) is 68.4 Å². The Bertz CT molecular complexity index is 879. The number of hydrogen-bond donors (Lipinski definition) is 1. The highest BCUT2D eigenvalue weighted by Crippen LogP contribution is 2.11. The molecule has 23 heavy (non-hydrogen) atoms. The maximum Gasteiger partial charge on any atom is 0.244 e. The van der Waals surface area contributed by atoms with Gasteiger partial charge in [0.05, 0.1) is 29.0 Å². The summed E-state index contributed by atoms with van der Waals surface area (Å²) in [7, 11) is 0. The van der Waals surface area contributed by atoms with E-state index in [4.69, 9.17) is 4.74 Å². The summed E-state index contributed by atoms with van der Waals surface area (Å²) >= 11 is 0. The van der Waals surface area contributed by atoms with Crippen molar-refractivity contribution in [2.24, 2.45) is 5.10 Å².